The molecule has 0 saturated heterocycles. The minimum Gasteiger partial charge on any atom is -0.480 e. The summed E-state index contributed by atoms with van der Waals surface area (Å²) < 4.78 is 0. The Morgan fingerprint density at radius 1 is 1.67 bits per heavy atom. The number of hydrogen-bond donors (Lipinski definition) is 2. The molecule has 1 aromatic heterocycles. The lowest BCUT2D eigenvalue weighted by Crippen LogP contribution is -2.41. The quantitative estimate of drug-likeness (QED) is 0.439. The Labute approximate surface area is 123 Å². The Bertz CT molecular complexity index is 628. The van der Waals surface area contributed by atoms with Crippen molar-refractivity contribution in [2.75, 3.05) is 5.75 Å². The summed E-state index contributed by atoms with van der Waals surface area (Å²) in [4.78, 5) is 35.5. The molecule has 0 fully saturated rings. The maximum Gasteiger partial charge on any atom is 0.327 e. The van der Waals surface area contributed by atoms with Gasteiger partial charge in [0.2, 0.25) is 5.91 Å². The smallest absolute Gasteiger partial charge is 0.327 e. The number of pyridine rings is 1. The summed E-state index contributed by atoms with van der Waals surface area (Å²) >= 11 is 0.919. The molecule has 10 heteroatoms. The van der Waals surface area contributed by atoms with Gasteiger partial charge in [0.05, 0.1) is 10.5 Å². The van der Waals surface area contributed by atoms with Crippen molar-refractivity contribution in [2.45, 2.75) is 18.0 Å². The number of carboxylic acids is 1. The van der Waals surface area contributed by atoms with Crippen LogP contribution in [-0.4, -0.2) is 38.7 Å². The maximum absolute atomic E-state index is 11.0. The van der Waals surface area contributed by atoms with Crippen molar-refractivity contribution in [3.05, 3.63) is 27.9 Å². The monoisotopic (exact) mass is 310 g/mol. The molecule has 2 N–H and O–H groups in total. The largest absolute Gasteiger partial charge is 0.480 e. The fourth-order valence-corrected chi connectivity index (χ4v) is 2.26. The van der Waals surface area contributed by atoms with Crippen LogP contribution in [0.25, 0.3) is 0 Å². The molecule has 0 spiro atoms. The fraction of sp³-hybridized carbons (Fsp3) is 0.273. The van der Waals surface area contributed by atoms with Gasteiger partial charge in [-0.15, -0.1) is 11.8 Å². The highest BCUT2D eigenvalue weighted by atomic mass is 32.2. The van der Waals surface area contributed by atoms with E-state index in [1.54, 1.807) is 6.07 Å². The first kappa shape index (κ1) is 16.4. The number of amides is 1. The molecular formula is C11H10N4O5S. The van der Waals surface area contributed by atoms with Gasteiger partial charge in [-0.05, 0) is 0 Å². The van der Waals surface area contributed by atoms with E-state index in [4.69, 9.17) is 10.4 Å². The van der Waals surface area contributed by atoms with Crippen molar-refractivity contribution in [3.8, 4) is 6.07 Å². The molecule has 0 aliphatic carbocycles. The SMILES string of the molecule is CC(=O)NC(CSc1ncc([N+](=O)[O-])cc1C#N)C(=O)O. The van der Waals surface area contributed by atoms with Crippen LogP contribution in [0.3, 0.4) is 0 Å². The van der Waals surface area contributed by atoms with Gasteiger partial charge in [-0.25, -0.2) is 9.78 Å². The average molecular weight is 310 g/mol. The number of hydrogen-bond acceptors (Lipinski definition) is 7. The lowest BCUT2D eigenvalue weighted by atomic mass is 10.3. The fourth-order valence-electron chi connectivity index (χ4n) is 1.32. The van der Waals surface area contributed by atoms with Gasteiger partial charge in [0.15, 0.2) is 0 Å². The molecule has 0 radical (unpaired) electrons. The molecular weight excluding hydrogens is 300 g/mol. The Morgan fingerprint density at radius 2 is 2.33 bits per heavy atom. The lowest BCUT2D eigenvalue weighted by Gasteiger charge is -2.12. The van der Waals surface area contributed by atoms with Crippen LogP contribution in [0.4, 0.5) is 5.69 Å². The number of aliphatic carboxylic acids is 1. The molecule has 21 heavy (non-hydrogen) atoms. The predicted octanol–water partition coefficient (Wildman–Crippen LogP) is 0.543. The number of nitrogens with zero attached hydrogens (tertiary/aromatic N) is 3. The molecule has 0 aromatic carbocycles. The first-order valence-corrected chi connectivity index (χ1v) is 6.51. The van der Waals surface area contributed by atoms with Crippen LogP contribution in [0.1, 0.15) is 12.5 Å². The van der Waals surface area contributed by atoms with Gasteiger partial charge in [0, 0.05) is 18.7 Å². The van der Waals surface area contributed by atoms with Crippen LogP contribution in [0, 0.1) is 21.4 Å². The van der Waals surface area contributed by atoms with Crippen LogP contribution in [0.5, 0.6) is 0 Å². The van der Waals surface area contributed by atoms with Gasteiger partial charge in [0.1, 0.15) is 23.3 Å². The van der Waals surface area contributed by atoms with E-state index >= 15 is 0 Å². The van der Waals surface area contributed by atoms with E-state index in [1.165, 1.54) is 6.92 Å². The molecule has 1 heterocycles. The number of thioether (sulfide) groups is 1. The zero-order chi connectivity index (χ0) is 16.0. The van der Waals surface area contributed by atoms with Crippen molar-refractivity contribution in [3.63, 3.8) is 0 Å². The summed E-state index contributed by atoms with van der Waals surface area (Å²) in [5.41, 5.74) is -0.353. The number of nitriles is 1. The lowest BCUT2D eigenvalue weighted by molar-refractivity contribution is -0.385. The molecule has 1 amide bonds. The van der Waals surface area contributed by atoms with Gasteiger partial charge in [-0.2, -0.15) is 5.26 Å². The summed E-state index contributed by atoms with van der Waals surface area (Å²) in [5.74, 6) is -1.78. The summed E-state index contributed by atoms with van der Waals surface area (Å²) in [6, 6.07) is 1.68. The number of rotatable bonds is 6. The van der Waals surface area contributed by atoms with E-state index < -0.39 is 22.8 Å². The van der Waals surface area contributed by atoms with Crippen LogP contribution >= 0.6 is 11.8 Å². The first-order valence-electron chi connectivity index (χ1n) is 5.52. The highest BCUT2D eigenvalue weighted by Crippen LogP contribution is 2.24. The molecule has 1 aromatic rings. The Balaban J connectivity index is 2.87. The van der Waals surface area contributed by atoms with Crippen LogP contribution in [-0.2, 0) is 9.59 Å². The summed E-state index contributed by atoms with van der Waals surface area (Å²) in [7, 11) is 0. The Kier molecular flexibility index (Phi) is 5.62. The van der Waals surface area contributed by atoms with Gasteiger partial charge < -0.3 is 10.4 Å². The summed E-state index contributed by atoms with van der Waals surface area (Å²) in [5, 5.41) is 30.9. The van der Waals surface area contributed by atoms with Crippen LogP contribution in [0.15, 0.2) is 17.3 Å². The number of aromatic nitrogens is 1. The highest BCUT2D eigenvalue weighted by Gasteiger charge is 2.20. The average Bonchev–Trinajstić information content (AvgIpc) is 2.42. The molecule has 0 bridgehead atoms. The molecule has 0 aliphatic heterocycles. The third-order valence-corrected chi connectivity index (χ3v) is 3.33. The van der Waals surface area contributed by atoms with E-state index in [0.717, 1.165) is 24.0 Å². The van der Waals surface area contributed by atoms with Gasteiger partial charge in [0.25, 0.3) is 5.69 Å². The van der Waals surface area contributed by atoms with E-state index in [2.05, 4.69) is 10.3 Å². The van der Waals surface area contributed by atoms with Crippen molar-refractivity contribution in [2.24, 2.45) is 0 Å². The minimum absolute atomic E-state index is 0.0267. The van der Waals surface area contributed by atoms with Crippen molar-refractivity contribution < 1.29 is 19.6 Å². The normalized spacial score (nSPS) is 11.2. The second-order valence-electron chi connectivity index (χ2n) is 3.82. The van der Waals surface area contributed by atoms with Crippen molar-refractivity contribution in [1.29, 1.82) is 5.26 Å². The molecule has 9 nitrogen and oxygen atoms in total. The third kappa shape index (κ3) is 4.73. The second-order valence-corrected chi connectivity index (χ2v) is 4.83. The highest BCUT2D eigenvalue weighted by molar-refractivity contribution is 7.99. The van der Waals surface area contributed by atoms with E-state index in [9.17, 15) is 19.7 Å². The zero-order valence-electron chi connectivity index (χ0n) is 10.8. The number of carbonyl (C=O) groups is 2. The van der Waals surface area contributed by atoms with Crippen molar-refractivity contribution >= 4 is 29.3 Å². The van der Waals surface area contributed by atoms with Gasteiger partial charge in [-0.1, -0.05) is 0 Å². The number of carbonyl (C=O) groups excluding carboxylic acids is 1. The number of carboxylic acid groups (broad SMARTS) is 1. The second kappa shape index (κ2) is 7.20. The van der Waals surface area contributed by atoms with Crippen LogP contribution in [0.2, 0.25) is 0 Å². The first-order chi connectivity index (χ1) is 9.85. The summed E-state index contributed by atoms with van der Waals surface area (Å²) in [6.07, 6.45) is 0.983. The van der Waals surface area contributed by atoms with E-state index in [1.807, 2.05) is 0 Å². The van der Waals surface area contributed by atoms with E-state index in [0.29, 0.717) is 0 Å². The summed E-state index contributed by atoms with van der Waals surface area (Å²) in [6.45, 7) is 1.19. The third-order valence-electron chi connectivity index (χ3n) is 2.23. The van der Waals surface area contributed by atoms with Crippen molar-refractivity contribution in [1.82, 2.24) is 10.3 Å². The number of nitrogens with one attached hydrogen (secondary N) is 1. The predicted molar refractivity (Wildman–Crippen MR) is 71.6 cm³/mol. The molecule has 1 atom stereocenters. The Hall–Kier alpha value is -2.67. The van der Waals surface area contributed by atoms with Gasteiger partial charge in [-0.3, -0.25) is 14.9 Å². The molecule has 110 valence electrons. The molecule has 0 aliphatic rings. The van der Waals surface area contributed by atoms with Gasteiger partial charge >= 0.3 is 5.97 Å². The molecule has 1 rings (SSSR count). The Morgan fingerprint density at radius 3 is 2.81 bits per heavy atom. The topological polar surface area (TPSA) is 146 Å². The zero-order valence-corrected chi connectivity index (χ0v) is 11.6. The standard InChI is InChI=1S/C11H10N4O5S/c1-6(16)14-9(11(17)18)5-21-10-7(3-12)2-8(4-13-10)15(19)20/h2,4,9H,5H2,1H3,(H,14,16)(H,17,18). The molecule has 0 saturated carbocycles. The maximum atomic E-state index is 11.0. The minimum atomic E-state index is -1.22. The molecule has 1 unspecified atom stereocenters. The van der Waals surface area contributed by atoms with Crippen LogP contribution < -0.4 is 5.32 Å². The number of nitro groups is 1. The van der Waals surface area contributed by atoms with E-state index in [-0.39, 0.29) is 22.0 Å².